The van der Waals surface area contributed by atoms with Crippen LogP contribution >= 0.6 is 0 Å². The fourth-order valence-corrected chi connectivity index (χ4v) is 3.95. The molecule has 1 aliphatic heterocycles. The molecule has 0 spiro atoms. The molecule has 0 unspecified atom stereocenters. The molecule has 8 heteroatoms. The van der Waals surface area contributed by atoms with Crippen LogP contribution in [-0.4, -0.2) is 55.7 Å². The van der Waals surface area contributed by atoms with Crippen molar-refractivity contribution >= 4 is 11.6 Å². The number of hydrogen-bond acceptors (Lipinski definition) is 3. The molecule has 1 saturated carbocycles. The Morgan fingerprint density at radius 3 is 2.48 bits per heavy atom. The fourth-order valence-electron chi connectivity index (χ4n) is 3.95. The van der Waals surface area contributed by atoms with E-state index in [4.69, 9.17) is 0 Å². The molecule has 1 saturated heterocycles. The first-order valence-electron chi connectivity index (χ1n) is 9.41. The highest BCUT2D eigenvalue weighted by atomic mass is 19.4. The molecule has 1 aliphatic carbocycles. The summed E-state index contributed by atoms with van der Waals surface area (Å²) in [6, 6.07) is 6.19. The number of carbonyl (C=O) groups is 1. The smallest absolute Gasteiger partial charge is 0.367 e. The van der Waals surface area contributed by atoms with Crippen LogP contribution in [0.25, 0.3) is 0 Å². The molecule has 0 radical (unpaired) electrons. The van der Waals surface area contributed by atoms with Gasteiger partial charge in [-0.15, -0.1) is 0 Å². The van der Waals surface area contributed by atoms with Gasteiger partial charge in [0.25, 0.3) is 0 Å². The van der Waals surface area contributed by atoms with Gasteiger partial charge in [0.1, 0.15) is 5.82 Å². The first-order valence-corrected chi connectivity index (χ1v) is 9.41. The van der Waals surface area contributed by atoms with Crippen LogP contribution in [0.4, 0.5) is 23.2 Å². The number of anilines is 1. The molecule has 150 valence electrons. The average molecular weight is 387 g/mol. The molecule has 2 aliphatic rings. The molecule has 2 fully saturated rings. The third-order valence-electron chi connectivity index (χ3n) is 5.43. The SMILES string of the molecule is O=C(CN1CCN(c2ccccc2F)CC1)N[C@H]1CCC[C@@H](C(F)(F)F)C1. The zero-order valence-corrected chi connectivity index (χ0v) is 15.1. The first-order chi connectivity index (χ1) is 12.8. The molecule has 1 aromatic rings. The lowest BCUT2D eigenvalue weighted by Crippen LogP contribution is -2.51. The second-order valence-electron chi connectivity index (χ2n) is 7.38. The van der Waals surface area contributed by atoms with Gasteiger partial charge < -0.3 is 10.2 Å². The predicted octanol–water partition coefficient (Wildman–Crippen LogP) is 3.19. The van der Waals surface area contributed by atoms with Crippen LogP contribution in [0.1, 0.15) is 25.7 Å². The van der Waals surface area contributed by atoms with E-state index < -0.39 is 18.1 Å². The van der Waals surface area contributed by atoms with Gasteiger partial charge in [-0.3, -0.25) is 9.69 Å². The van der Waals surface area contributed by atoms with E-state index in [-0.39, 0.29) is 31.1 Å². The highest BCUT2D eigenvalue weighted by Gasteiger charge is 2.42. The number of piperazine rings is 1. The van der Waals surface area contributed by atoms with Gasteiger partial charge in [-0.2, -0.15) is 13.2 Å². The minimum Gasteiger partial charge on any atom is -0.367 e. The number of amides is 1. The minimum absolute atomic E-state index is 0.0314. The topological polar surface area (TPSA) is 35.6 Å². The van der Waals surface area contributed by atoms with Gasteiger partial charge in [-0.25, -0.2) is 4.39 Å². The summed E-state index contributed by atoms with van der Waals surface area (Å²) in [4.78, 5) is 16.1. The Hall–Kier alpha value is -1.83. The number of hydrogen-bond donors (Lipinski definition) is 1. The number of rotatable bonds is 4. The Morgan fingerprint density at radius 2 is 1.81 bits per heavy atom. The van der Waals surface area contributed by atoms with Crippen LogP contribution in [0, 0.1) is 11.7 Å². The van der Waals surface area contributed by atoms with Crippen LogP contribution in [0.2, 0.25) is 0 Å². The average Bonchev–Trinajstić information content (AvgIpc) is 2.62. The predicted molar refractivity (Wildman–Crippen MR) is 95.0 cm³/mol. The zero-order valence-electron chi connectivity index (χ0n) is 15.1. The van der Waals surface area contributed by atoms with E-state index in [1.54, 1.807) is 18.2 Å². The number of halogens is 4. The highest BCUT2D eigenvalue weighted by molar-refractivity contribution is 5.78. The summed E-state index contributed by atoms with van der Waals surface area (Å²) < 4.78 is 52.5. The van der Waals surface area contributed by atoms with Crippen molar-refractivity contribution in [2.75, 3.05) is 37.6 Å². The number of para-hydroxylation sites is 1. The van der Waals surface area contributed by atoms with E-state index >= 15 is 0 Å². The van der Waals surface area contributed by atoms with E-state index in [2.05, 4.69) is 5.32 Å². The zero-order chi connectivity index (χ0) is 19.4. The molecule has 1 N–H and O–H groups in total. The molecule has 1 amide bonds. The van der Waals surface area contributed by atoms with Crippen molar-refractivity contribution in [2.24, 2.45) is 5.92 Å². The molecule has 27 heavy (non-hydrogen) atoms. The minimum atomic E-state index is -4.19. The molecule has 1 aromatic carbocycles. The molecular weight excluding hydrogens is 362 g/mol. The summed E-state index contributed by atoms with van der Waals surface area (Å²) in [6.45, 7) is 2.59. The lowest BCUT2D eigenvalue weighted by molar-refractivity contribution is -0.184. The summed E-state index contributed by atoms with van der Waals surface area (Å²) >= 11 is 0. The van der Waals surface area contributed by atoms with E-state index in [0.717, 1.165) is 0 Å². The van der Waals surface area contributed by atoms with Crippen LogP contribution in [0.15, 0.2) is 24.3 Å². The summed E-state index contributed by atoms with van der Waals surface area (Å²) in [5.41, 5.74) is 0.557. The Kier molecular flexibility index (Phi) is 6.24. The van der Waals surface area contributed by atoms with Gasteiger partial charge in [0.2, 0.25) is 5.91 Å². The largest absolute Gasteiger partial charge is 0.391 e. The van der Waals surface area contributed by atoms with Gasteiger partial charge in [-0.1, -0.05) is 18.6 Å². The maximum absolute atomic E-state index is 13.9. The van der Waals surface area contributed by atoms with Crippen LogP contribution in [0.3, 0.4) is 0 Å². The maximum Gasteiger partial charge on any atom is 0.391 e. The monoisotopic (exact) mass is 387 g/mol. The standard InChI is InChI=1S/C19H25F4N3O/c20-16-6-1-2-7-17(16)26-10-8-25(9-11-26)13-18(27)24-15-5-3-4-14(12-15)19(21,22)23/h1-2,6-7,14-15H,3-5,8-13H2,(H,24,27)/t14-,15+/m1/s1. The normalized spacial score (nSPS) is 24.7. The van der Waals surface area contributed by atoms with E-state index in [9.17, 15) is 22.4 Å². The highest BCUT2D eigenvalue weighted by Crippen LogP contribution is 2.37. The molecular formula is C19H25F4N3O. The van der Waals surface area contributed by atoms with Crippen molar-refractivity contribution in [1.29, 1.82) is 0 Å². The Labute approximate surface area is 156 Å². The van der Waals surface area contributed by atoms with E-state index in [1.165, 1.54) is 6.07 Å². The molecule has 2 atom stereocenters. The second-order valence-corrected chi connectivity index (χ2v) is 7.38. The lowest BCUT2D eigenvalue weighted by atomic mass is 9.85. The molecule has 4 nitrogen and oxygen atoms in total. The summed E-state index contributed by atoms with van der Waals surface area (Å²) in [5, 5.41) is 2.77. The van der Waals surface area contributed by atoms with Crippen molar-refractivity contribution in [2.45, 2.75) is 37.9 Å². The summed E-state index contributed by atoms with van der Waals surface area (Å²) in [7, 11) is 0. The number of nitrogens with one attached hydrogen (secondary N) is 1. The number of nitrogens with zero attached hydrogens (tertiary/aromatic N) is 2. The quantitative estimate of drug-likeness (QED) is 0.806. The number of carbonyl (C=O) groups excluding carboxylic acids is 1. The van der Waals surface area contributed by atoms with Crippen molar-refractivity contribution in [1.82, 2.24) is 10.2 Å². The molecule has 3 rings (SSSR count). The Morgan fingerprint density at radius 1 is 1.11 bits per heavy atom. The van der Waals surface area contributed by atoms with Crippen molar-refractivity contribution in [3.05, 3.63) is 30.1 Å². The molecule has 0 aromatic heterocycles. The van der Waals surface area contributed by atoms with Crippen LogP contribution < -0.4 is 10.2 Å². The fraction of sp³-hybridized carbons (Fsp3) is 0.632. The van der Waals surface area contributed by atoms with Crippen molar-refractivity contribution in [3.63, 3.8) is 0 Å². The number of alkyl halides is 3. The third kappa shape index (κ3) is 5.34. The second kappa shape index (κ2) is 8.46. The summed E-state index contributed by atoms with van der Waals surface area (Å²) in [5.74, 6) is -1.82. The van der Waals surface area contributed by atoms with Gasteiger partial charge in [0.15, 0.2) is 0 Å². The summed E-state index contributed by atoms with van der Waals surface area (Å²) in [6.07, 6.45) is -2.99. The maximum atomic E-state index is 13.9. The Balaban J connectivity index is 1.44. The van der Waals surface area contributed by atoms with Gasteiger partial charge in [0, 0.05) is 32.2 Å². The number of benzene rings is 1. The van der Waals surface area contributed by atoms with Crippen molar-refractivity contribution in [3.8, 4) is 0 Å². The lowest BCUT2D eigenvalue weighted by Gasteiger charge is -2.36. The van der Waals surface area contributed by atoms with Crippen LogP contribution in [-0.2, 0) is 4.79 Å². The van der Waals surface area contributed by atoms with Gasteiger partial charge in [-0.05, 0) is 31.4 Å². The van der Waals surface area contributed by atoms with Gasteiger partial charge >= 0.3 is 6.18 Å². The van der Waals surface area contributed by atoms with E-state index in [0.29, 0.717) is 44.7 Å². The van der Waals surface area contributed by atoms with Crippen LogP contribution in [0.5, 0.6) is 0 Å². The van der Waals surface area contributed by atoms with Crippen molar-refractivity contribution < 1.29 is 22.4 Å². The molecule has 1 heterocycles. The molecule has 0 bridgehead atoms. The third-order valence-corrected chi connectivity index (χ3v) is 5.43. The van der Waals surface area contributed by atoms with E-state index in [1.807, 2.05) is 9.80 Å². The van der Waals surface area contributed by atoms with Gasteiger partial charge in [0.05, 0.1) is 18.2 Å². The Bertz CT molecular complexity index is 644. The first kappa shape index (κ1) is 19.9.